The van der Waals surface area contributed by atoms with Gasteiger partial charge in [-0.05, 0) is 42.8 Å². The molecule has 0 radical (unpaired) electrons. The molecule has 19 heavy (non-hydrogen) atoms. The van der Waals surface area contributed by atoms with Crippen molar-refractivity contribution in [2.75, 3.05) is 6.26 Å². The number of nitrogens with zero attached hydrogens (tertiary/aromatic N) is 2. The van der Waals surface area contributed by atoms with Crippen molar-refractivity contribution in [2.24, 2.45) is 0 Å². The lowest BCUT2D eigenvalue weighted by Crippen LogP contribution is -2.04. The Kier molecular flexibility index (Phi) is 4.79. The Morgan fingerprint density at radius 1 is 1.53 bits per heavy atom. The van der Waals surface area contributed by atoms with Crippen molar-refractivity contribution >= 4 is 41.4 Å². The Morgan fingerprint density at radius 2 is 2.32 bits per heavy atom. The molecule has 0 saturated heterocycles. The first-order chi connectivity index (χ1) is 9.11. The van der Waals surface area contributed by atoms with Gasteiger partial charge in [-0.2, -0.15) is 0 Å². The van der Waals surface area contributed by atoms with Crippen LogP contribution in [0.15, 0.2) is 35.4 Å². The van der Waals surface area contributed by atoms with E-state index in [2.05, 4.69) is 17.9 Å². The minimum Gasteiger partial charge on any atom is -0.472 e. The standard InChI is InChI=1S/C12H11ClN2O2S2/c1-19-10-4-2-3-8(12(13)16)9(10)7-17-11-5-6-15(18)14-11/h2-6,18H,7H2,1H3. The molecule has 1 aromatic heterocycles. The molecular weight excluding hydrogens is 304 g/mol. The minimum absolute atomic E-state index is 0.232. The first kappa shape index (κ1) is 14.3. The number of aromatic nitrogens is 2. The quantitative estimate of drug-likeness (QED) is 0.523. The van der Waals surface area contributed by atoms with Gasteiger partial charge in [0.25, 0.3) is 5.24 Å². The molecule has 0 bridgehead atoms. The van der Waals surface area contributed by atoms with Gasteiger partial charge in [-0.25, -0.2) is 4.09 Å². The van der Waals surface area contributed by atoms with Crippen LogP contribution in [0, 0.1) is 0 Å². The van der Waals surface area contributed by atoms with E-state index in [1.54, 1.807) is 24.4 Å². The summed E-state index contributed by atoms with van der Waals surface area (Å²) in [5, 5.41) is 3.50. The summed E-state index contributed by atoms with van der Waals surface area (Å²) in [7, 11) is 0. The van der Waals surface area contributed by atoms with Crippen molar-refractivity contribution in [3.63, 3.8) is 0 Å². The molecule has 1 aromatic carbocycles. The molecule has 0 amide bonds. The number of hydrogen-bond donors (Lipinski definition) is 1. The molecule has 0 N–H and O–H groups in total. The molecule has 2 aromatic rings. The highest BCUT2D eigenvalue weighted by atomic mass is 35.5. The second kappa shape index (κ2) is 6.36. The summed E-state index contributed by atoms with van der Waals surface area (Å²) in [6.45, 7) is 0.232. The average Bonchev–Trinajstić information content (AvgIpc) is 2.81. The number of rotatable bonds is 5. The zero-order valence-electron chi connectivity index (χ0n) is 10.0. The number of hydrogen-bond acceptors (Lipinski definition) is 5. The molecule has 0 unspecified atom stereocenters. The van der Waals surface area contributed by atoms with Crippen molar-refractivity contribution < 1.29 is 9.53 Å². The maximum Gasteiger partial charge on any atom is 0.252 e. The van der Waals surface area contributed by atoms with Crippen LogP contribution >= 0.6 is 36.2 Å². The summed E-state index contributed by atoms with van der Waals surface area (Å²) in [6.07, 6.45) is 3.59. The lowest BCUT2D eigenvalue weighted by atomic mass is 10.1. The number of ether oxygens (including phenoxy) is 1. The fraction of sp³-hybridized carbons (Fsp3) is 0.167. The van der Waals surface area contributed by atoms with Gasteiger partial charge in [0.05, 0.1) is 0 Å². The minimum atomic E-state index is -0.491. The van der Waals surface area contributed by atoms with Gasteiger partial charge in [0.1, 0.15) is 6.61 Å². The smallest absolute Gasteiger partial charge is 0.252 e. The van der Waals surface area contributed by atoms with Crippen LogP contribution in [0.25, 0.3) is 0 Å². The number of thiol groups is 1. The molecule has 0 spiro atoms. The zero-order chi connectivity index (χ0) is 13.8. The number of carbonyl (C=O) groups excluding carboxylic acids is 1. The predicted octanol–water partition coefficient (Wildman–Crippen LogP) is 3.26. The Morgan fingerprint density at radius 3 is 2.89 bits per heavy atom. The first-order valence-corrected chi connectivity index (χ1v) is 7.35. The fourth-order valence-electron chi connectivity index (χ4n) is 1.61. The predicted molar refractivity (Wildman–Crippen MR) is 79.3 cm³/mol. The van der Waals surface area contributed by atoms with E-state index in [1.807, 2.05) is 12.3 Å². The van der Waals surface area contributed by atoms with E-state index in [-0.39, 0.29) is 6.61 Å². The molecule has 0 fully saturated rings. The molecule has 100 valence electrons. The van der Waals surface area contributed by atoms with Crippen LogP contribution in [0.4, 0.5) is 0 Å². The van der Waals surface area contributed by atoms with Crippen molar-refractivity contribution in [3.05, 3.63) is 41.6 Å². The lowest BCUT2D eigenvalue weighted by molar-refractivity contribution is 0.107. The molecule has 0 aliphatic carbocycles. The van der Waals surface area contributed by atoms with Gasteiger partial charge >= 0.3 is 0 Å². The van der Waals surface area contributed by atoms with Gasteiger partial charge in [0.15, 0.2) is 0 Å². The third kappa shape index (κ3) is 3.46. The van der Waals surface area contributed by atoms with E-state index in [4.69, 9.17) is 16.3 Å². The summed E-state index contributed by atoms with van der Waals surface area (Å²) in [5.74, 6) is 0.443. The molecule has 4 nitrogen and oxygen atoms in total. The van der Waals surface area contributed by atoms with Crippen LogP contribution in [-0.2, 0) is 6.61 Å². The molecule has 7 heteroatoms. The summed E-state index contributed by atoms with van der Waals surface area (Å²) < 4.78 is 6.89. The van der Waals surface area contributed by atoms with Crippen LogP contribution in [0.5, 0.6) is 5.88 Å². The molecule has 0 saturated carbocycles. The molecule has 0 aliphatic heterocycles. The fourth-order valence-corrected chi connectivity index (χ4v) is 2.57. The molecule has 0 aliphatic rings. The third-order valence-corrected chi connectivity index (χ3v) is 3.73. The van der Waals surface area contributed by atoms with E-state index in [9.17, 15) is 4.79 Å². The Labute approximate surface area is 125 Å². The molecular formula is C12H11ClN2O2S2. The first-order valence-electron chi connectivity index (χ1n) is 5.35. The second-order valence-corrected chi connectivity index (χ2v) is 5.22. The highest BCUT2D eigenvalue weighted by Gasteiger charge is 2.14. The van der Waals surface area contributed by atoms with E-state index >= 15 is 0 Å². The number of thioether (sulfide) groups is 1. The Hall–Kier alpha value is -1.11. The Bertz CT molecular complexity index is 601. The molecule has 1 heterocycles. The maximum atomic E-state index is 11.4. The van der Waals surface area contributed by atoms with Crippen molar-refractivity contribution in [3.8, 4) is 5.88 Å². The summed E-state index contributed by atoms with van der Waals surface area (Å²) in [6, 6.07) is 7.10. The summed E-state index contributed by atoms with van der Waals surface area (Å²) >= 11 is 11.1. The largest absolute Gasteiger partial charge is 0.472 e. The van der Waals surface area contributed by atoms with Crippen molar-refractivity contribution in [1.82, 2.24) is 9.19 Å². The van der Waals surface area contributed by atoms with Gasteiger partial charge in [-0.1, -0.05) is 6.07 Å². The van der Waals surface area contributed by atoms with E-state index in [0.29, 0.717) is 11.4 Å². The average molecular weight is 315 g/mol. The van der Waals surface area contributed by atoms with Crippen molar-refractivity contribution in [1.29, 1.82) is 0 Å². The van der Waals surface area contributed by atoms with Gasteiger partial charge in [-0.15, -0.1) is 16.9 Å². The number of carbonyl (C=O) groups is 1. The zero-order valence-corrected chi connectivity index (χ0v) is 12.5. The van der Waals surface area contributed by atoms with Crippen LogP contribution in [-0.4, -0.2) is 20.7 Å². The van der Waals surface area contributed by atoms with Gasteiger partial charge in [0.2, 0.25) is 5.88 Å². The maximum absolute atomic E-state index is 11.4. The van der Waals surface area contributed by atoms with Crippen LogP contribution < -0.4 is 4.74 Å². The highest BCUT2D eigenvalue weighted by Crippen LogP contribution is 2.26. The van der Waals surface area contributed by atoms with E-state index < -0.39 is 5.24 Å². The number of halogens is 1. The van der Waals surface area contributed by atoms with Crippen LogP contribution in [0.2, 0.25) is 0 Å². The van der Waals surface area contributed by atoms with Gasteiger partial charge in [0, 0.05) is 28.3 Å². The van der Waals surface area contributed by atoms with E-state index in [1.165, 1.54) is 15.8 Å². The van der Waals surface area contributed by atoms with Gasteiger partial charge in [-0.3, -0.25) is 4.79 Å². The van der Waals surface area contributed by atoms with Gasteiger partial charge < -0.3 is 4.74 Å². The number of benzene rings is 1. The van der Waals surface area contributed by atoms with E-state index in [0.717, 1.165) is 10.5 Å². The molecule has 0 atom stereocenters. The molecule has 2 rings (SSSR count). The van der Waals surface area contributed by atoms with Crippen molar-refractivity contribution in [2.45, 2.75) is 11.5 Å². The Balaban J connectivity index is 2.25. The third-order valence-electron chi connectivity index (χ3n) is 2.48. The van der Waals surface area contributed by atoms with Crippen LogP contribution in [0.3, 0.4) is 0 Å². The summed E-state index contributed by atoms with van der Waals surface area (Å²) in [5.41, 5.74) is 1.22. The van der Waals surface area contributed by atoms with Crippen LogP contribution in [0.1, 0.15) is 15.9 Å². The lowest BCUT2D eigenvalue weighted by Gasteiger charge is -2.11. The highest BCUT2D eigenvalue weighted by molar-refractivity contribution is 7.98. The summed E-state index contributed by atoms with van der Waals surface area (Å²) in [4.78, 5) is 12.4. The normalized spacial score (nSPS) is 10.5. The SMILES string of the molecule is CSc1cccc(C(=O)Cl)c1COc1ccn(S)n1. The monoisotopic (exact) mass is 314 g/mol. The second-order valence-electron chi connectivity index (χ2n) is 3.62. The topological polar surface area (TPSA) is 44.1 Å².